The molecule has 0 amide bonds. The second-order valence-corrected chi connectivity index (χ2v) is 4.16. The molecule has 94 valence electrons. The van der Waals surface area contributed by atoms with Gasteiger partial charge in [0.2, 0.25) is 11.9 Å². The number of aromatic nitrogens is 3. The van der Waals surface area contributed by atoms with Gasteiger partial charge >= 0.3 is 6.01 Å². The number of nitrogens with one attached hydrogen (secondary N) is 2. The van der Waals surface area contributed by atoms with E-state index in [-0.39, 0.29) is 12.0 Å². The largest absolute Gasteiger partial charge is 0.467 e. The van der Waals surface area contributed by atoms with Crippen molar-refractivity contribution in [1.82, 2.24) is 15.0 Å². The molecule has 0 fully saturated rings. The van der Waals surface area contributed by atoms with Crippen LogP contribution in [0.15, 0.2) is 28.7 Å². The van der Waals surface area contributed by atoms with Crippen LogP contribution in [0.3, 0.4) is 0 Å². The number of ether oxygens (including phenoxy) is 1. The Labute approximate surface area is 112 Å². The van der Waals surface area contributed by atoms with Gasteiger partial charge in [0.1, 0.15) is 0 Å². The first-order chi connectivity index (χ1) is 8.71. The second kappa shape index (κ2) is 5.61. The van der Waals surface area contributed by atoms with Crippen LogP contribution in [0, 0.1) is 0 Å². The van der Waals surface area contributed by atoms with Crippen LogP contribution in [0.2, 0.25) is 0 Å². The highest BCUT2D eigenvalue weighted by molar-refractivity contribution is 9.10. The first kappa shape index (κ1) is 12.5. The van der Waals surface area contributed by atoms with Crippen molar-refractivity contribution < 1.29 is 4.74 Å². The molecular formula is C10H11BrN6O. The third kappa shape index (κ3) is 3.05. The molecule has 0 bridgehead atoms. The first-order valence-electron chi connectivity index (χ1n) is 5.00. The van der Waals surface area contributed by atoms with Crippen LogP contribution < -0.4 is 21.3 Å². The van der Waals surface area contributed by atoms with E-state index in [9.17, 15) is 0 Å². The fourth-order valence-electron chi connectivity index (χ4n) is 1.26. The molecule has 0 aliphatic rings. The van der Waals surface area contributed by atoms with Gasteiger partial charge in [0, 0.05) is 10.2 Å². The van der Waals surface area contributed by atoms with E-state index in [0.717, 1.165) is 10.2 Å². The molecule has 1 aromatic carbocycles. The summed E-state index contributed by atoms with van der Waals surface area (Å²) >= 11 is 3.38. The molecule has 18 heavy (non-hydrogen) atoms. The summed E-state index contributed by atoms with van der Waals surface area (Å²) in [4.78, 5) is 12.0. The van der Waals surface area contributed by atoms with Gasteiger partial charge in [0.15, 0.2) is 0 Å². The highest BCUT2D eigenvalue weighted by Crippen LogP contribution is 2.19. The number of anilines is 3. The van der Waals surface area contributed by atoms with Gasteiger partial charge < -0.3 is 10.1 Å². The molecule has 0 aliphatic heterocycles. The maximum atomic E-state index is 5.27. The quantitative estimate of drug-likeness (QED) is 0.583. The molecule has 8 heteroatoms. The Kier molecular flexibility index (Phi) is 3.90. The summed E-state index contributed by atoms with van der Waals surface area (Å²) in [6.45, 7) is 0. The zero-order valence-electron chi connectivity index (χ0n) is 9.51. The lowest BCUT2D eigenvalue weighted by Gasteiger charge is -2.07. The predicted molar refractivity (Wildman–Crippen MR) is 71.6 cm³/mol. The zero-order chi connectivity index (χ0) is 13.0. The van der Waals surface area contributed by atoms with E-state index in [0.29, 0.717) is 5.95 Å². The topological polar surface area (TPSA) is 98.0 Å². The number of hydrazine groups is 1. The molecule has 2 aromatic rings. The smallest absolute Gasteiger partial charge is 0.322 e. The molecule has 1 heterocycles. The van der Waals surface area contributed by atoms with Gasteiger partial charge in [0.25, 0.3) is 0 Å². The first-order valence-corrected chi connectivity index (χ1v) is 5.80. The highest BCUT2D eigenvalue weighted by Gasteiger charge is 2.06. The lowest BCUT2D eigenvalue weighted by Crippen LogP contribution is -2.13. The Morgan fingerprint density at radius 1 is 1.22 bits per heavy atom. The number of hydrogen-bond donors (Lipinski definition) is 3. The molecule has 4 N–H and O–H groups in total. The van der Waals surface area contributed by atoms with Crippen LogP contribution in [-0.4, -0.2) is 22.1 Å². The minimum atomic E-state index is 0.176. The van der Waals surface area contributed by atoms with Gasteiger partial charge in [-0.3, -0.25) is 5.43 Å². The van der Waals surface area contributed by atoms with Crippen LogP contribution in [0.4, 0.5) is 17.6 Å². The van der Waals surface area contributed by atoms with Gasteiger partial charge in [-0.05, 0) is 18.2 Å². The van der Waals surface area contributed by atoms with Gasteiger partial charge in [-0.25, -0.2) is 5.84 Å². The van der Waals surface area contributed by atoms with Crippen LogP contribution >= 0.6 is 15.9 Å². The third-order valence-corrected chi connectivity index (χ3v) is 2.50. The Bertz CT molecular complexity index is 527. The monoisotopic (exact) mass is 310 g/mol. The SMILES string of the molecule is COc1nc(NN)nc(Nc2cccc(Br)c2)n1. The number of nitrogens with two attached hydrogens (primary N) is 1. The van der Waals surface area contributed by atoms with Crippen molar-refractivity contribution in [2.75, 3.05) is 17.9 Å². The minimum Gasteiger partial charge on any atom is -0.467 e. The number of methoxy groups -OCH3 is 1. The molecular weight excluding hydrogens is 300 g/mol. The van der Waals surface area contributed by atoms with Crippen molar-refractivity contribution in [3.05, 3.63) is 28.7 Å². The van der Waals surface area contributed by atoms with E-state index in [1.165, 1.54) is 7.11 Å². The zero-order valence-corrected chi connectivity index (χ0v) is 11.1. The highest BCUT2D eigenvalue weighted by atomic mass is 79.9. The van der Waals surface area contributed by atoms with Crippen molar-refractivity contribution in [3.63, 3.8) is 0 Å². The van der Waals surface area contributed by atoms with Gasteiger partial charge in [-0.15, -0.1) is 0 Å². The van der Waals surface area contributed by atoms with Gasteiger partial charge in [-0.1, -0.05) is 22.0 Å². The van der Waals surface area contributed by atoms with Gasteiger partial charge in [-0.2, -0.15) is 15.0 Å². The Morgan fingerprint density at radius 3 is 2.67 bits per heavy atom. The Morgan fingerprint density at radius 2 is 2.00 bits per heavy atom. The molecule has 2 rings (SSSR count). The summed E-state index contributed by atoms with van der Waals surface area (Å²) in [5.74, 6) is 5.83. The van der Waals surface area contributed by atoms with E-state index in [4.69, 9.17) is 10.6 Å². The molecule has 1 aromatic heterocycles. The van der Waals surface area contributed by atoms with Gasteiger partial charge in [0.05, 0.1) is 7.11 Å². The van der Waals surface area contributed by atoms with Crippen molar-refractivity contribution in [1.29, 1.82) is 0 Å². The fourth-order valence-corrected chi connectivity index (χ4v) is 1.66. The molecule has 0 atom stereocenters. The standard InChI is InChI=1S/C10H11BrN6O/c1-18-10-15-8(14-9(16-10)17-12)13-7-4-2-3-6(11)5-7/h2-5H,12H2,1H3,(H2,13,14,15,16,17). The number of nitrogen functional groups attached to an aromatic ring is 1. The van der Waals surface area contributed by atoms with E-state index < -0.39 is 0 Å². The number of halogens is 1. The Balaban J connectivity index is 2.28. The van der Waals surface area contributed by atoms with Crippen molar-refractivity contribution >= 4 is 33.5 Å². The lowest BCUT2D eigenvalue weighted by molar-refractivity contribution is 0.379. The van der Waals surface area contributed by atoms with Crippen LogP contribution in [-0.2, 0) is 0 Å². The maximum Gasteiger partial charge on any atom is 0.322 e. The summed E-state index contributed by atoms with van der Waals surface area (Å²) in [6, 6.07) is 7.77. The summed E-state index contributed by atoms with van der Waals surface area (Å²) in [5, 5.41) is 3.03. The number of nitrogens with zero attached hydrogens (tertiary/aromatic N) is 3. The fraction of sp³-hybridized carbons (Fsp3) is 0.100. The summed E-state index contributed by atoms with van der Waals surface area (Å²) in [5.41, 5.74) is 3.18. The molecule has 0 spiro atoms. The normalized spacial score (nSPS) is 9.94. The predicted octanol–water partition coefficient (Wildman–Crippen LogP) is 1.67. The summed E-state index contributed by atoms with van der Waals surface area (Å²) < 4.78 is 5.90. The number of rotatable bonds is 4. The van der Waals surface area contributed by atoms with Crippen molar-refractivity contribution in [2.45, 2.75) is 0 Å². The Hall–Kier alpha value is -1.93. The van der Waals surface area contributed by atoms with E-state index in [1.54, 1.807) is 0 Å². The minimum absolute atomic E-state index is 0.176. The molecule has 0 saturated heterocycles. The second-order valence-electron chi connectivity index (χ2n) is 3.25. The van der Waals surface area contributed by atoms with Crippen molar-refractivity contribution in [2.24, 2.45) is 5.84 Å². The van der Waals surface area contributed by atoms with Crippen LogP contribution in [0.1, 0.15) is 0 Å². The van der Waals surface area contributed by atoms with E-state index in [1.807, 2.05) is 24.3 Å². The molecule has 0 unspecified atom stereocenters. The maximum absolute atomic E-state index is 5.27. The molecule has 0 saturated carbocycles. The van der Waals surface area contributed by atoms with E-state index >= 15 is 0 Å². The summed E-state index contributed by atoms with van der Waals surface area (Å²) in [7, 11) is 1.47. The number of hydrogen-bond acceptors (Lipinski definition) is 7. The molecule has 0 radical (unpaired) electrons. The molecule has 7 nitrogen and oxygen atoms in total. The third-order valence-electron chi connectivity index (χ3n) is 2.01. The average Bonchev–Trinajstić information content (AvgIpc) is 2.38. The van der Waals surface area contributed by atoms with Crippen LogP contribution in [0.25, 0.3) is 0 Å². The lowest BCUT2D eigenvalue weighted by atomic mass is 10.3. The van der Waals surface area contributed by atoms with E-state index in [2.05, 4.69) is 41.6 Å². The van der Waals surface area contributed by atoms with Crippen LogP contribution in [0.5, 0.6) is 6.01 Å². The molecule has 0 aliphatic carbocycles. The van der Waals surface area contributed by atoms with Crippen molar-refractivity contribution in [3.8, 4) is 6.01 Å². The summed E-state index contributed by atoms with van der Waals surface area (Å²) in [6.07, 6.45) is 0. The average molecular weight is 311 g/mol. The number of benzene rings is 1.